The van der Waals surface area contributed by atoms with Crippen molar-refractivity contribution in [2.75, 3.05) is 11.5 Å². The molecule has 0 aliphatic carbocycles. The number of benzene rings is 1. The van der Waals surface area contributed by atoms with E-state index in [0.29, 0.717) is 5.16 Å². The zero-order chi connectivity index (χ0) is 22.0. The number of imidazole rings is 1. The summed E-state index contributed by atoms with van der Waals surface area (Å²) < 4.78 is 16.0. The van der Waals surface area contributed by atoms with E-state index in [9.17, 15) is 23.9 Å². The number of halogens is 1. The maximum Gasteiger partial charge on any atom is 0.327 e. The van der Waals surface area contributed by atoms with Gasteiger partial charge in [-0.05, 0) is 17.7 Å². The Labute approximate surface area is 173 Å². The summed E-state index contributed by atoms with van der Waals surface area (Å²) in [6.07, 6.45) is 0. The molecule has 30 heavy (non-hydrogen) atoms. The number of nitrogens with zero attached hydrogens (tertiary/aromatic N) is 4. The highest BCUT2D eigenvalue weighted by Gasteiger charge is 2.23. The number of thioether (sulfide) groups is 1. The van der Waals surface area contributed by atoms with Crippen molar-refractivity contribution in [3.8, 4) is 0 Å². The van der Waals surface area contributed by atoms with Crippen molar-refractivity contribution in [1.29, 1.82) is 0 Å². The van der Waals surface area contributed by atoms with Gasteiger partial charge in [-0.2, -0.15) is 4.98 Å². The number of amides is 1. The molecule has 0 fully saturated rings. The van der Waals surface area contributed by atoms with Crippen LogP contribution in [-0.2, 0) is 23.2 Å². The number of fused-ring (bicyclic) bond motifs is 1. The molecule has 158 valence electrons. The number of nitrogens with two attached hydrogens (primary N) is 1. The van der Waals surface area contributed by atoms with Crippen molar-refractivity contribution in [2.24, 2.45) is 7.05 Å². The van der Waals surface area contributed by atoms with Crippen LogP contribution in [0.4, 0.5) is 10.3 Å². The SMILES string of the molecule is CC(=O)N[C@@H](CSc1nc2c(=O)n(C)c(N)nc2n1Cc1ccc(F)cc1)C(=O)O. The lowest BCUT2D eigenvalue weighted by Gasteiger charge is -2.13. The van der Waals surface area contributed by atoms with Gasteiger partial charge in [-0.3, -0.25) is 18.7 Å². The van der Waals surface area contributed by atoms with E-state index in [1.165, 1.54) is 26.1 Å². The minimum Gasteiger partial charge on any atom is -0.480 e. The van der Waals surface area contributed by atoms with Crippen molar-refractivity contribution in [1.82, 2.24) is 24.4 Å². The maximum absolute atomic E-state index is 13.3. The summed E-state index contributed by atoms with van der Waals surface area (Å²) in [6.45, 7) is 1.43. The maximum atomic E-state index is 13.3. The first kappa shape index (κ1) is 21.3. The first-order valence-electron chi connectivity index (χ1n) is 8.77. The van der Waals surface area contributed by atoms with Crippen molar-refractivity contribution >= 4 is 40.8 Å². The molecular weight excluding hydrogens is 415 g/mol. The van der Waals surface area contributed by atoms with Crippen LogP contribution >= 0.6 is 11.8 Å². The van der Waals surface area contributed by atoms with E-state index >= 15 is 0 Å². The van der Waals surface area contributed by atoms with Gasteiger partial charge >= 0.3 is 5.97 Å². The molecule has 1 aromatic carbocycles. The highest BCUT2D eigenvalue weighted by molar-refractivity contribution is 7.99. The number of carboxylic acids is 1. The zero-order valence-electron chi connectivity index (χ0n) is 16.1. The third-order valence-electron chi connectivity index (χ3n) is 4.29. The van der Waals surface area contributed by atoms with Gasteiger partial charge in [-0.1, -0.05) is 23.9 Å². The van der Waals surface area contributed by atoms with E-state index in [4.69, 9.17) is 5.73 Å². The molecule has 0 saturated carbocycles. The largest absolute Gasteiger partial charge is 0.480 e. The number of carbonyl (C=O) groups is 2. The summed E-state index contributed by atoms with van der Waals surface area (Å²) in [5.74, 6) is -2.11. The van der Waals surface area contributed by atoms with Crippen molar-refractivity contribution in [2.45, 2.75) is 24.7 Å². The molecule has 0 aliphatic rings. The fourth-order valence-corrected chi connectivity index (χ4v) is 3.73. The van der Waals surface area contributed by atoms with Gasteiger partial charge in [0.15, 0.2) is 16.3 Å². The van der Waals surface area contributed by atoms with Gasteiger partial charge in [0.25, 0.3) is 5.56 Å². The molecule has 4 N–H and O–H groups in total. The molecule has 2 aromatic heterocycles. The lowest BCUT2D eigenvalue weighted by Crippen LogP contribution is -2.41. The van der Waals surface area contributed by atoms with Crippen LogP contribution in [0.3, 0.4) is 0 Å². The molecule has 0 saturated heterocycles. The van der Waals surface area contributed by atoms with Gasteiger partial charge in [0.2, 0.25) is 11.9 Å². The highest BCUT2D eigenvalue weighted by atomic mass is 32.2. The number of nitrogens with one attached hydrogen (secondary N) is 1. The monoisotopic (exact) mass is 434 g/mol. The number of rotatable bonds is 7. The molecule has 0 radical (unpaired) electrons. The van der Waals surface area contributed by atoms with Crippen LogP contribution in [0.2, 0.25) is 0 Å². The number of aliphatic carboxylic acids is 1. The van der Waals surface area contributed by atoms with Crippen LogP contribution in [0.15, 0.2) is 34.2 Å². The van der Waals surface area contributed by atoms with Crippen LogP contribution in [0.25, 0.3) is 11.2 Å². The van der Waals surface area contributed by atoms with Crippen molar-refractivity contribution < 1.29 is 19.1 Å². The summed E-state index contributed by atoms with van der Waals surface area (Å²) in [6, 6.07) is 4.63. The Hall–Kier alpha value is -3.41. The van der Waals surface area contributed by atoms with Crippen LogP contribution < -0.4 is 16.6 Å². The molecule has 10 nitrogen and oxygen atoms in total. The van der Waals surface area contributed by atoms with Crippen LogP contribution in [-0.4, -0.2) is 47.9 Å². The zero-order valence-corrected chi connectivity index (χ0v) is 16.9. The number of aromatic nitrogens is 4. The summed E-state index contributed by atoms with van der Waals surface area (Å²) in [7, 11) is 1.47. The summed E-state index contributed by atoms with van der Waals surface area (Å²) in [5.41, 5.74) is 6.39. The van der Waals surface area contributed by atoms with Crippen LogP contribution in [0.1, 0.15) is 12.5 Å². The second kappa shape index (κ2) is 8.53. The van der Waals surface area contributed by atoms with E-state index in [0.717, 1.165) is 21.9 Å². The topological polar surface area (TPSA) is 145 Å². The molecule has 1 amide bonds. The number of anilines is 1. The van der Waals surface area contributed by atoms with E-state index in [-0.39, 0.29) is 35.2 Å². The highest BCUT2D eigenvalue weighted by Crippen LogP contribution is 2.24. The Morgan fingerprint density at radius 2 is 1.97 bits per heavy atom. The first-order chi connectivity index (χ1) is 14.2. The number of carboxylic acid groups (broad SMARTS) is 1. The Kier molecular flexibility index (Phi) is 6.06. The number of nitrogen functional groups attached to an aromatic ring is 1. The average Bonchev–Trinajstić information content (AvgIpc) is 3.02. The Morgan fingerprint density at radius 3 is 2.57 bits per heavy atom. The molecule has 0 spiro atoms. The molecule has 3 rings (SSSR count). The minimum atomic E-state index is -1.20. The summed E-state index contributed by atoms with van der Waals surface area (Å²) >= 11 is 1.05. The van der Waals surface area contributed by atoms with Gasteiger partial charge in [0, 0.05) is 19.7 Å². The molecule has 2 heterocycles. The lowest BCUT2D eigenvalue weighted by molar-refractivity contribution is -0.140. The molecule has 12 heteroatoms. The third-order valence-corrected chi connectivity index (χ3v) is 5.36. The van der Waals surface area contributed by atoms with Gasteiger partial charge < -0.3 is 16.2 Å². The normalized spacial score (nSPS) is 12.1. The lowest BCUT2D eigenvalue weighted by atomic mass is 10.2. The van der Waals surface area contributed by atoms with Gasteiger partial charge in [0.05, 0.1) is 6.54 Å². The second-order valence-electron chi connectivity index (χ2n) is 6.52. The smallest absolute Gasteiger partial charge is 0.327 e. The standard InChI is InChI=1S/C18H19FN6O4S/c1-9(26)21-12(16(28)29)8-30-18-22-13-14(23-17(20)24(2)15(13)27)25(18)7-10-3-5-11(19)6-4-10/h3-6,12H,7-8H2,1-2H3,(H2,20,23)(H,21,26)(H,28,29)/t12-/m0/s1. The second-order valence-corrected chi connectivity index (χ2v) is 7.50. The van der Waals surface area contributed by atoms with E-state index in [1.807, 2.05) is 0 Å². The molecule has 3 aromatic rings. The van der Waals surface area contributed by atoms with E-state index in [1.54, 1.807) is 16.7 Å². The summed E-state index contributed by atoms with van der Waals surface area (Å²) in [5, 5.41) is 12.0. The first-order valence-corrected chi connectivity index (χ1v) is 9.75. The van der Waals surface area contributed by atoms with Crippen LogP contribution in [0.5, 0.6) is 0 Å². The quantitative estimate of drug-likeness (QED) is 0.458. The molecule has 0 bridgehead atoms. The number of carbonyl (C=O) groups excluding carboxylic acids is 1. The van der Waals surface area contributed by atoms with Crippen molar-refractivity contribution in [3.63, 3.8) is 0 Å². The summed E-state index contributed by atoms with van der Waals surface area (Å²) in [4.78, 5) is 43.8. The molecule has 1 atom stereocenters. The Morgan fingerprint density at radius 1 is 1.30 bits per heavy atom. The fraction of sp³-hybridized carbons (Fsp3) is 0.278. The minimum absolute atomic E-state index is 0.00837. The predicted molar refractivity (Wildman–Crippen MR) is 109 cm³/mol. The van der Waals surface area contributed by atoms with E-state index < -0.39 is 23.5 Å². The van der Waals surface area contributed by atoms with E-state index in [2.05, 4.69) is 15.3 Å². The molecule has 0 unspecified atom stereocenters. The average molecular weight is 434 g/mol. The van der Waals surface area contributed by atoms with Crippen molar-refractivity contribution in [3.05, 3.63) is 46.0 Å². The fourth-order valence-electron chi connectivity index (χ4n) is 2.73. The number of hydrogen-bond acceptors (Lipinski definition) is 7. The van der Waals surface area contributed by atoms with Gasteiger partial charge in [0.1, 0.15) is 11.9 Å². The van der Waals surface area contributed by atoms with Gasteiger partial charge in [-0.25, -0.2) is 14.2 Å². The Balaban J connectivity index is 2.04. The molecule has 0 aliphatic heterocycles. The number of hydrogen-bond donors (Lipinski definition) is 3. The predicted octanol–water partition coefficient (Wildman–Crippen LogP) is 0.581. The third kappa shape index (κ3) is 4.43. The molecular formula is C18H19FN6O4S. The Bertz CT molecular complexity index is 1170. The van der Waals surface area contributed by atoms with Gasteiger partial charge in [-0.15, -0.1) is 0 Å². The van der Waals surface area contributed by atoms with Crippen LogP contribution in [0, 0.1) is 5.82 Å².